The topological polar surface area (TPSA) is 20.3 Å². The number of anilines is 1. The zero-order chi connectivity index (χ0) is 20.9. The van der Waals surface area contributed by atoms with E-state index in [1.54, 1.807) is 0 Å². The van der Waals surface area contributed by atoms with Crippen molar-refractivity contribution in [2.75, 3.05) is 18.5 Å². The number of nitrogens with zero attached hydrogens (tertiary/aromatic N) is 1. The van der Waals surface area contributed by atoms with Crippen molar-refractivity contribution in [2.24, 2.45) is 46.8 Å². The van der Waals surface area contributed by atoms with Crippen LogP contribution in [0.2, 0.25) is 0 Å². The molecule has 30 heavy (non-hydrogen) atoms. The molecule has 2 heteroatoms. The van der Waals surface area contributed by atoms with Gasteiger partial charge < -0.3 is 4.90 Å². The molecule has 5 rings (SSSR count). The van der Waals surface area contributed by atoms with E-state index in [-0.39, 0.29) is 11.3 Å². The van der Waals surface area contributed by atoms with Crippen LogP contribution in [0.4, 0.5) is 5.69 Å². The number of hydrogen-bond acceptors (Lipinski definition) is 2. The minimum Gasteiger partial charge on any atom is -0.367 e. The molecular weight excluding hydrogens is 366 g/mol. The molecule has 2 nitrogen and oxygen atoms in total. The fourth-order valence-corrected chi connectivity index (χ4v) is 8.73. The lowest BCUT2D eigenvalue weighted by molar-refractivity contribution is -0.129. The van der Waals surface area contributed by atoms with Gasteiger partial charge in [0.25, 0.3) is 0 Å². The zero-order valence-electron chi connectivity index (χ0n) is 19.4. The molecule has 0 aliphatic heterocycles. The summed E-state index contributed by atoms with van der Waals surface area (Å²) in [6.45, 7) is 5.54. The number of benzene rings is 1. The fourth-order valence-electron chi connectivity index (χ4n) is 8.73. The van der Waals surface area contributed by atoms with E-state index < -0.39 is 0 Å². The van der Waals surface area contributed by atoms with Gasteiger partial charge >= 0.3 is 0 Å². The summed E-state index contributed by atoms with van der Waals surface area (Å²) in [5.74, 6) is 6.40. The van der Waals surface area contributed by atoms with Gasteiger partial charge in [0.2, 0.25) is 0 Å². The first-order valence-corrected chi connectivity index (χ1v) is 12.8. The van der Waals surface area contributed by atoms with Crippen molar-refractivity contribution in [3.63, 3.8) is 0 Å². The second-order valence-electron chi connectivity index (χ2n) is 11.7. The van der Waals surface area contributed by atoms with E-state index in [9.17, 15) is 4.79 Å². The van der Waals surface area contributed by atoms with Crippen molar-refractivity contribution in [3.05, 3.63) is 30.3 Å². The average molecular weight is 408 g/mol. The summed E-state index contributed by atoms with van der Waals surface area (Å²) < 4.78 is 0. The predicted octanol–water partition coefficient (Wildman–Crippen LogP) is 6.60. The van der Waals surface area contributed by atoms with E-state index in [1.165, 1.54) is 51.4 Å². The zero-order valence-corrected chi connectivity index (χ0v) is 19.4. The number of likely N-dealkylation sites (N-methyl/N-ethyl adjacent to an activating group) is 1. The van der Waals surface area contributed by atoms with Gasteiger partial charge in [0.05, 0.1) is 6.54 Å². The quantitative estimate of drug-likeness (QED) is 0.560. The Morgan fingerprint density at radius 1 is 0.967 bits per heavy atom. The van der Waals surface area contributed by atoms with Crippen molar-refractivity contribution < 1.29 is 4.79 Å². The number of Topliss-reactive ketones (excluding diaryl/α,β-unsaturated/α-hetero) is 1. The van der Waals surface area contributed by atoms with E-state index in [4.69, 9.17) is 0 Å². The van der Waals surface area contributed by atoms with Crippen molar-refractivity contribution in [1.82, 2.24) is 0 Å². The van der Waals surface area contributed by atoms with E-state index in [0.29, 0.717) is 12.3 Å². The van der Waals surface area contributed by atoms with Crippen molar-refractivity contribution in [3.8, 4) is 0 Å². The lowest BCUT2D eigenvalue weighted by Crippen LogP contribution is -2.50. The number of rotatable bonds is 4. The average Bonchev–Trinajstić information content (AvgIpc) is 3.11. The number of ketones is 1. The number of hydrogen-bond donors (Lipinski definition) is 0. The van der Waals surface area contributed by atoms with Gasteiger partial charge in [-0.05, 0) is 104 Å². The number of carbonyl (C=O) groups is 1. The van der Waals surface area contributed by atoms with Crippen LogP contribution in [0.15, 0.2) is 30.3 Å². The number of fused-ring (bicyclic) bond motifs is 5. The molecule has 8 unspecified atom stereocenters. The molecule has 0 aromatic heterocycles. The maximum absolute atomic E-state index is 13.5. The third-order valence-electron chi connectivity index (χ3n) is 10.2. The highest BCUT2D eigenvalue weighted by atomic mass is 16.1. The van der Waals surface area contributed by atoms with E-state index in [1.807, 2.05) is 6.07 Å². The Bertz CT molecular complexity index is 759. The summed E-state index contributed by atoms with van der Waals surface area (Å²) >= 11 is 0. The highest BCUT2D eigenvalue weighted by molar-refractivity contribution is 5.86. The van der Waals surface area contributed by atoms with Gasteiger partial charge in [-0.1, -0.05) is 38.5 Å². The third-order valence-corrected chi connectivity index (χ3v) is 10.2. The summed E-state index contributed by atoms with van der Waals surface area (Å²) in [5, 5.41) is 0. The first-order chi connectivity index (χ1) is 14.5. The molecule has 164 valence electrons. The van der Waals surface area contributed by atoms with E-state index in [0.717, 1.165) is 47.6 Å². The predicted molar refractivity (Wildman–Crippen MR) is 124 cm³/mol. The molecule has 4 fully saturated rings. The molecule has 4 saturated carbocycles. The van der Waals surface area contributed by atoms with Crippen molar-refractivity contribution in [2.45, 2.75) is 71.6 Å². The number of para-hydroxylation sites is 1. The Balaban J connectivity index is 1.29. The van der Waals surface area contributed by atoms with Crippen LogP contribution in [0.1, 0.15) is 71.6 Å². The minimum absolute atomic E-state index is 0.255. The van der Waals surface area contributed by atoms with Gasteiger partial charge in [-0.25, -0.2) is 0 Å². The molecule has 0 bridgehead atoms. The Labute approximate surface area is 183 Å². The van der Waals surface area contributed by atoms with Gasteiger partial charge in [-0.15, -0.1) is 0 Å². The monoisotopic (exact) mass is 407 g/mol. The van der Waals surface area contributed by atoms with Crippen molar-refractivity contribution >= 4 is 11.5 Å². The Kier molecular flexibility index (Phi) is 5.48. The van der Waals surface area contributed by atoms with Crippen LogP contribution in [-0.2, 0) is 4.79 Å². The van der Waals surface area contributed by atoms with Gasteiger partial charge in [0.15, 0.2) is 5.78 Å². The summed E-state index contributed by atoms with van der Waals surface area (Å²) in [4.78, 5) is 15.6. The third kappa shape index (κ3) is 3.43. The van der Waals surface area contributed by atoms with Gasteiger partial charge in [-0.2, -0.15) is 0 Å². The molecule has 0 N–H and O–H groups in total. The highest BCUT2D eigenvalue weighted by Crippen LogP contribution is 2.64. The molecule has 1 aromatic rings. The van der Waals surface area contributed by atoms with Gasteiger partial charge in [0, 0.05) is 18.7 Å². The molecule has 0 saturated heterocycles. The van der Waals surface area contributed by atoms with Crippen LogP contribution in [0, 0.1) is 46.8 Å². The van der Waals surface area contributed by atoms with E-state index >= 15 is 0 Å². The Hall–Kier alpha value is -1.31. The maximum atomic E-state index is 13.5. The lowest BCUT2D eigenvalue weighted by Gasteiger charge is -2.56. The first kappa shape index (κ1) is 20.6. The minimum atomic E-state index is 0.255. The maximum Gasteiger partial charge on any atom is 0.155 e. The molecule has 0 amide bonds. The van der Waals surface area contributed by atoms with Crippen molar-refractivity contribution in [1.29, 1.82) is 0 Å². The summed E-state index contributed by atoms with van der Waals surface area (Å²) in [6.07, 6.45) is 12.5. The largest absolute Gasteiger partial charge is 0.367 e. The normalized spacial score (nSPS) is 42.7. The first-order valence-electron chi connectivity index (χ1n) is 12.8. The summed E-state index contributed by atoms with van der Waals surface area (Å²) in [6, 6.07) is 10.4. The van der Waals surface area contributed by atoms with E-state index in [2.05, 4.69) is 50.1 Å². The molecule has 0 radical (unpaired) electrons. The van der Waals surface area contributed by atoms with Gasteiger partial charge in [-0.3, -0.25) is 4.79 Å². The van der Waals surface area contributed by atoms with Crippen LogP contribution in [0.3, 0.4) is 0 Å². The molecule has 8 atom stereocenters. The van der Waals surface area contributed by atoms with Crippen LogP contribution in [0.5, 0.6) is 0 Å². The molecule has 4 aliphatic carbocycles. The molecule has 4 aliphatic rings. The summed E-state index contributed by atoms with van der Waals surface area (Å²) in [7, 11) is 2.07. The Morgan fingerprint density at radius 2 is 1.73 bits per heavy atom. The Morgan fingerprint density at radius 3 is 2.53 bits per heavy atom. The van der Waals surface area contributed by atoms with Crippen LogP contribution < -0.4 is 4.90 Å². The van der Waals surface area contributed by atoms with Gasteiger partial charge in [0.1, 0.15) is 0 Å². The summed E-state index contributed by atoms with van der Waals surface area (Å²) in [5.41, 5.74) is 1.41. The standard InChI is InChI=1S/C28H41NO/c1-19-9-11-22-20(17-19)10-12-24-23(22)15-16-28(2)25(24)13-14-26(28)27(30)18-29(3)21-7-5-4-6-8-21/h4-8,19-20,22-26H,9-18H2,1-3H3. The second kappa shape index (κ2) is 7.99. The molecule has 0 heterocycles. The molecule has 0 spiro atoms. The lowest BCUT2D eigenvalue weighted by atomic mass is 9.49. The van der Waals surface area contributed by atoms with Crippen LogP contribution in [-0.4, -0.2) is 19.4 Å². The SMILES string of the molecule is CC1CCC2C(CCC3C2CCC2(C)C(C(=O)CN(C)c4ccccc4)CCC32)C1. The highest BCUT2D eigenvalue weighted by Gasteiger charge is 2.58. The van der Waals surface area contributed by atoms with Crippen LogP contribution >= 0.6 is 0 Å². The molecular formula is C28H41NO. The smallest absolute Gasteiger partial charge is 0.155 e. The molecule has 1 aromatic carbocycles. The van der Waals surface area contributed by atoms with Crippen LogP contribution in [0.25, 0.3) is 0 Å². The number of carbonyl (C=O) groups excluding carboxylic acids is 1. The fraction of sp³-hybridized carbons (Fsp3) is 0.750. The second-order valence-corrected chi connectivity index (χ2v) is 11.7.